The molecular weight excluding hydrogens is 236 g/mol. The van der Waals surface area contributed by atoms with Crippen LogP contribution in [0.5, 0.6) is 0 Å². The zero-order chi connectivity index (χ0) is 13.4. The highest BCUT2D eigenvalue weighted by Gasteiger charge is 2.08. The van der Waals surface area contributed by atoms with Gasteiger partial charge in [-0.15, -0.1) is 5.10 Å². The molecule has 0 spiro atoms. The first-order valence-electron chi connectivity index (χ1n) is 5.31. The topological polar surface area (TPSA) is 107 Å². The van der Waals surface area contributed by atoms with E-state index in [-0.39, 0.29) is 24.8 Å². The van der Waals surface area contributed by atoms with Crippen molar-refractivity contribution < 1.29 is 14.3 Å². The first-order chi connectivity index (χ1) is 8.63. The molecule has 0 aliphatic carbocycles. The number of hydrogen-bond donors (Lipinski definition) is 2. The third-order valence-corrected chi connectivity index (χ3v) is 1.90. The molecule has 0 aromatic carbocycles. The number of ether oxygens (including phenoxy) is 1. The van der Waals surface area contributed by atoms with E-state index in [9.17, 15) is 9.59 Å². The number of pyridine rings is 1. The number of amides is 1. The van der Waals surface area contributed by atoms with Crippen molar-refractivity contribution in [2.24, 2.45) is 10.8 Å². The van der Waals surface area contributed by atoms with E-state index in [1.54, 1.807) is 31.5 Å². The number of hydrogen-bond acceptors (Lipinski definition) is 5. The average Bonchev–Trinajstić information content (AvgIpc) is 2.37. The van der Waals surface area contributed by atoms with Gasteiger partial charge in [-0.2, -0.15) is 0 Å². The summed E-state index contributed by atoms with van der Waals surface area (Å²) in [6.07, 6.45) is 3.29. The summed E-state index contributed by atoms with van der Waals surface area (Å²) in [4.78, 5) is 26.4. The number of nitrogens with zero attached hydrogens (tertiary/aromatic N) is 2. The highest BCUT2D eigenvalue weighted by atomic mass is 16.5. The number of rotatable bonds is 4. The van der Waals surface area contributed by atoms with Crippen LogP contribution in [0.2, 0.25) is 0 Å². The second-order valence-electron chi connectivity index (χ2n) is 3.28. The molecule has 0 aliphatic rings. The Bertz CT molecular complexity index is 445. The Labute approximate surface area is 104 Å². The van der Waals surface area contributed by atoms with E-state index in [0.717, 1.165) is 5.56 Å². The quantitative estimate of drug-likeness (QED) is 0.326. The Morgan fingerprint density at radius 2 is 2.11 bits per heavy atom. The van der Waals surface area contributed by atoms with Crippen LogP contribution in [0, 0.1) is 0 Å². The summed E-state index contributed by atoms with van der Waals surface area (Å²) in [6, 6.07) is 3.41. The van der Waals surface area contributed by atoms with Gasteiger partial charge in [-0.1, -0.05) is 0 Å². The summed E-state index contributed by atoms with van der Waals surface area (Å²) >= 11 is 0. The van der Waals surface area contributed by atoms with Crippen LogP contribution in [0.25, 0.3) is 0 Å². The zero-order valence-corrected chi connectivity index (χ0v) is 9.92. The summed E-state index contributed by atoms with van der Waals surface area (Å²) in [5.74, 6) is -1.53. The maximum absolute atomic E-state index is 11.5. The number of hydrazone groups is 1. The van der Waals surface area contributed by atoms with Crippen LogP contribution in [-0.4, -0.2) is 29.3 Å². The van der Waals surface area contributed by atoms with Gasteiger partial charge in [0.2, 0.25) is 11.7 Å². The summed E-state index contributed by atoms with van der Waals surface area (Å²) < 4.78 is 4.60. The van der Waals surface area contributed by atoms with E-state index in [2.05, 4.69) is 20.2 Å². The predicted octanol–water partition coefficient (Wildman–Crippen LogP) is -0.424. The normalized spacial score (nSPS) is 10.8. The van der Waals surface area contributed by atoms with Crippen molar-refractivity contribution in [2.75, 3.05) is 6.61 Å². The van der Waals surface area contributed by atoms with Crippen molar-refractivity contribution in [2.45, 2.75) is 13.3 Å². The Morgan fingerprint density at radius 3 is 2.72 bits per heavy atom. The third-order valence-electron chi connectivity index (χ3n) is 1.90. The van der Waals surface area contributed by atoms with Crippen LogP contribution in [-0.2, 0) is 20.7 Å². The van der Waals surface area contributed by atoms with Crippen LogP contribution < -0.4 is 11.2 Å². The Morgan fingerprint density at radius 1 is 1.44 bits per heavy atom. The second-order valence-corrected chi connectivity index (χ2v) is 3.28. The molecule has 0 radical (unpaired) electrons. The van der Waals surface area contributed by atoms with Gasteiger partial charge in [-0.05, 0) is 24.6 Å². The largest absolute Gasteiger partial charge is 0.460 e. The molecule has 0 fully saturated rings. The van der Waals surface area contributed by atoms with E-state index < -0.39 is 5.97 Å². The molecule has 0 aliphatic heterocycles. The minimum atomic E-state index is -0.762. The van der Waals surface area contributed by atoms with Crippen molar-refractivity contribution >= 4 is 17.7 Å². The van der Waals surface area contributed by atoms with Gasteiger partial charge >= 0.3 is 5.97 Å². The minimum absolute atomic E-state index is 0.127. The fraction of sp³-hybridized carbons (Fsp3) is 0.273. The highest BCUT2D eigenvalue weighted by molar-refractivity contribution is 6.34. The molecule has 0 saturated heterocycles. The average molecular weight is 250 g/mol. The third kappa shape index (κ3) is 4.60. The van der Waals surface area contributed by atoms with Crippen molar-refractivity contribution in [1.29, 1.82) is 0 Å². The molecule has 0 atom stereocenters. The molecule has 96 valence electrons. The molecular formula is C11H14N4O3. The first kappa shape index (κ1) is 13.6. The molecule has 18 heavy (non-hydrogen) atoms. The van der Waals surface area contributed by atoms with Crippen molar-refractivity contribution in [1.82, 2.24) is 10.4 Å². The van der Waals surface area contributed by atoms with Crippen LogP contribution in [0.15, 0.2) is 29.6 Å². The van der Waals surface area contributed by atoms with Gasteiger partial charge in [0.25, 0.3) is 0 Å². The van der Waals surface area contributed by atoms with Gasteiger partial charge in [0.15, 0.2) is 0 Å². The zero-order valence-electron chi connectivity index (χ0n) is 9.92. The lowest BCUT2D eigenvalue weighted by molar-refractivity contribution is -0.135. The Kier molecular flexibility index (Phi) is 5.30. The smallest absolute Gasteiger partial charge is 0.375 e. The number of amidine groups is 1. The van der Waals surface area contributed by atoms with Gasteiger partial charge in [-0.25, -0.2) is 10.2 Å². The standard InChI is InChI=1S/C11H14N4O3/c1-2-18-11(17)10(12)15-14-9(16)7-8-3-5-13-6-4-8/h3-6H,2,7H2,1H3,(H2,12,15)(H,14,16). The molecule has 1 rings (SSSR count). The lowest BCUT2D eigenvalue weighted by atomic mass is 10.2. The number of carbonyl (C=O) groups excluding carboxylic acids is 2. The minimum Gasteiger partial charge on any atom is -0.460 e. The van der Waals surface area contributed by atoms with Gasteiger partial charge in [0, 0.05) is 12.4 Å². The molecule has 7 nitrogen and oxygen atoms in total. The number of nitrogens with one attached hydrogen (secondary N) is 1. The maximum atomic E-state index is 11.5. The molecule has 7 heteroatoms. The molecule has 0 unspecified atom stereocenters. The maximum Gasteiger partial charge on any atom is 0.375 e. The SMILES string of the molecule is CCOC(=O)/C(N)=N/NC(=O)Cc1ccncc1. The summed E-state index contributed by atoms with van der Waals surface area (Å²) in [5, 5.41) is 3.44. The molecule has 1 aromatic rings. The van der Waals surface area contributed by atoms with Gasteiger partial charge in [-0.3, -0.25) is 9.78 Å². The summed E-state index contributed by atoms with van der Waals surface area (Å²) in [5.41, 5.74) is 8.25. The fourth-order valence-corrected chi connectivity index (χ4v) is 1.10. The van der Waals surface area contributed by atoms with E-state index in [0.29, 0.717) is 0 Å². The van der Waals surface area contributed by atoms with E-state index in [4.69, 9.17) is 5.73 Å². The molecule has 0 saturated carbocycles. The van der Waals surface area contributed by atoms with Crippen LogP contribution in [0.4, 0.5) is 0 Å². The van der Waals surface area contributed by atoms with Crippen molar-refractivity contribution in [3.63, 3.8) is 0 Å². The molecule has 1 heterocycles. The monoisotopic (exact) mass is 250 g/mol. The van der Waals surface area contributed by atoms with Gasteiger partial charge < -0.3 is 10.5 Å². The second kappa shape index (κ2) is 7.00. The summed E-state index contributed by atoms with van der Waals surface area (Å²) in [7, 11) is 0. The van der Waals surface area contributed by atoms with Crippen molar-refractivity contribution in [3.8, 4) is 0 Å². The van der Waals surface area contributed by atoms with E-state index in [1.807, 2.05) is 0 Å². The molecule has 3 N–H and O–H groups in total. The highest BCUT2D eigenvalue weighted by Crippen LogP contribution is 1.96. The fourth-order valence-electron chi connectivity index (χ4n) is 1.10. The molecule has 0 bridgehead atoms. The predicted molar refractivity (Wildman–Crippen MR) is 64.3 cm³/mol. The van der Waals surface area contributed by atoms with Crippen LogP contribution in [0.3, 0.4) is 0 Å². The Balaban J connectivity index is 2.46. The van der Waals surface area contributed by atoms with Gasteiger partial charge in [0.1, 0.15) is 0 Å². The number of carbonyl (C=O) groups is 2. The molecule has 1 amide bonds. The number of aromatic nitrogens is 1. The number of esters is 1. The van der Waals surface area contributed by atoms with Gasteiger partial charge in [0.05, 0.1) is 13.0 Å². The van der Waals surface area contributed by atoms with Crippen LogP contribution in [0.1, 0.15) is 12.5 Å². The van der Waals surface area contributed by atoms with E-state index in [1.165, 1.54) is 0 Å². The Hall–Kier alpha value is -2.44. The van der Waals surface area contributed by atoms with Crippen LogP contribution >= 0.6 is 0 Å². The lowest BCUT2D eigenvalue weighted by Gasteiger charge is -2.02. The molecule has 1 aromatic heterocycles. The lowest BCUT2D eigenvalue weighted by Crippen LogP contribution is -2.31. The number of nitrogens with two attached hydrogens (primary N) is 1. The summed E-state index contributed by atoms with van der Waals surface area (Å²) in [6.45, 7) is 1.84. The van der Waals surface area contributed by atoms with E-state index >= 15 is 0 Å². The first-order valence-corrected chi connectivity index (χ1v) is 5.31. The van der Waals surface area contributed by atoms with Crippen molar-refractivity contribution in [3.05, 3.63) is 30.1 Å².